The van der Waals surface area contributed by atoms with Crippen LogP contribution in [0, 0.1) is 6.92 Å². The second-order valence-electron chi connectivity index (χ2n) is 8.63. The Bertz CT molecular complexity index is 1310. The Morgan fingerprint density at radius 1 is 1.09 bits per heavy atom. The highest BCUT2D eigenvalue weighted by Crippen LogP contribution is 2.37. The fourth-order valence-corrected chi connectivity index (χ4v) is 4.62. The third kappa shape index (κ3) is 4.71. The molecule has 0 saturated carbocycles. The molecule has 1 atom stereocenters. The first-order valence-corrected chi connectivity index (χ1v) is 11.5. The largest absolute Gasteiger partial charge is 0.493 e. The zero-order chi connectivity index (χ0) is 23.5. The van der Waals surface area contributed by atoms with Crippen molar-refractivity contribution >= 4 is 5.97 Å². The standard InChI is InChI=1S/C28H26N2O4/c1-18-26(11-14-33-24-7-8-25-21(16-24)5-6-22(25)17-27(31)32)30-28(34-18)23-4-2-3-20(15-23)19-9-12-29-13-10-19/h2-4,7-10,12-13,15-16,22H,5-6,11,14,17H2,1H3,(H,31,32)/t22-/m0/s1. The van der Waals surface area contributed by atoms with Gasteiger partial charge in [-0.15, -0.1) is 0 Å². The number of fused-ring (bicyclic) bond motifs is 1. The lowest BCUT2D eigenvalue weighted by Crippen LogP contribution is -2.04. The van der Waals surface area contributed by atoms with Crippen LogP contribution in [-0.2, 0) is 17.6 Å². The van der Waals surface area contributed by atoms with Crippen LogP contribution in [0.25, 0.3) is 22.6 Å². The summed E-state index contributed by atoms with van der Waals surface area (Å²) in [5.74, 6) is 1.56. The quantitative estimate of drug-likeness (QED) is 0.360. The van der Waals surface area contributed by atoms with E-state index in [1.54, 1.807) is 12.4 Å². The molecule has 0 spiro atoms. The van der Waals surface area contributed by atoms with E-state index in [1.165, 1.54) is 5.56 Å². The Morgan fingerprint density at radius 3 is 2.74 bits per heavy atom. The topological polar surface area (TPSA) is 85.5 Å². The van der Waals surface area contributed by atoms with Gasteiger partial charge in [0.25, 0.3) is 0 Å². The van der Waals surface area contributed by atoms with Crippen LogP contribution in [-0.4, -0.2) is 27.7 Å². The highest BCUT2D eigenvalue weighted by atomic mass is 16.5. The summed E-state index contributed by atoms with van der Waals surface area (Å²) in [4.78, 5) is 19.9. The number of nitrogens with zero attached hydrogens (tertiary/aromatic N) is 2. The van der Waals surface area contributed by atoms with E-state index in [0.29, 0.717) is 18.9 Å². The summed E-state index contributed by atoms with van der Waals surface area (Å²) in [5.41, 5.74) is 6.32. The van der Waals surface area contributed by atoms with Crippen LogP contribution in [0.15, 0.2) is 71.4 Å². The molecule has 0 aliphatic heterocycles. The third-order valence-electron chi connectivity index (χ3n) is 6.36. The molecule has 1 aliphatic rings. The van der Waals surface area contributed by atoms with Crippen molar-refractivity contribution in [3.8, 4) is 28.3 Å². The van der Waals surface area contributed by atoms with E-state index in [-0.39, 0.29) is 12.3 Å². The lowest BCUT2D eigenvalue weighted by molar-refractivity contribution is -0.137. The van der Waals surface area contributed by atoms with Crippen LogP contribution < -0.4 is 4.74 Å². The Hall–Kier alpha value is -3.93. The summed E-state index contributed by atoms with van der Waals surface area (Å²) < 4.78 is 12.0. The zero-order valence-electron chi connectivity index (χ0n) is 19.0. The van der Waals surface area contributed by atoms with Crippen LogP contribution in [0.5, 0.6) is 5.75 Å². The molecular weight excluding hydrogens is 428 g/mol. The first kappa shape index (κ1) is 21.9. The van der Waals surface area contributed by atoms with Crippen LogP contribution in [0.3, 0.4) is 0 Å². The molecule has 4 aromatic rings. The number of carboxylic acid groups (broad SMARTS) is 1. The van der Waals surface area contributed by atoms with Gasteiger partial charge in [-0.25, -0.2) is 4.98 Å². The maximum absolute atomic E-state index is 11.1. The van der Waals surface area contributed by atoms with Crippen LogP contribution in [0.4, 0.5) is 0 Å². The van der Waals surface area contributed by atoms with Crippen molar-refractivity contribution < 1.29 is 19.1 Å². The average Bonchev–Trinajstić information content (AvgIpc) is 3.42. The summed E-state index contributed by atoms with van der Waals surface area (Å²) in [6.07, 6.45) is 6.17. The van der Waals surface area contributed by atoms with Gasteiger partial charge >= 0.3 is 5.97 Å². The van der Waals surface area contributed by atoms with Gasteiger partial charge in [-0.2, -0.15) is 0 Å². The molecule has 0 unspecified atom stereocenters. The van der Waals surface area contributed by atoms with Gasteiger partial charge in [0, 0.05) is 24.4 Å². The first-order chi connectivity index (χ1) is 16.6. The van der Waals surface area contributed by atoms with E-state index < -0.39 is 5.97 Å². The summed E-state index contributed by atoms with van der Waals surface area (Å²) in [7, 11) is 0. The molecule has 172 valence electrons. The molecule has 0 amide bonds. The summed E-state index contributed by atoms with van der Waals surface area (Å²) in [6, 6.07) is 18.1. The second-order valence-corrected chi connectivity index (χ2v) is 8.63. The van der Waals surface area contributed by atoms with Crippen LogP contribution >= 0.6 is 0 Å². The molecule has 0 radical (unpaired) electrons. The van der Waals surface area contributed by atoms with E-state index in [4.69, 9.17) is 19.2 Å². The number of rotatable bonds is 8. The molecule has 1 aliphatic carbocycles. The Kier molecular flexibility index (Phi) is 6.12. The van der Waals surface area contributed by atoms with E-state index in [2.05, 4.69) is 17.1 Å². The Balaban J connectivity index is 1.24. The highest BCUT2D eigenvalue weighted by Gasteiger charge is 2.25. The highest BCUT2D eigenvalue weighted by molar-refractivity contribution is 5.69. The van der Waals surface area contributed by atoms with Crippen LogP contribution in [0.2, 0.25) is 0 Å². The van der Waals surface area contributed by atoms with E-state index in [0.717, 1.165) is 52.3 Å². The first-order valence-electron chi connectivity index (χ1n) is 11.5. The monoisotopic (exact) mass is 454 g/mol. The number of pyridine rings is 1. The Morgan fingerprint density at radius 2 is 1.91 bits per heavy atom. The molecule has 2 heterocycles. The molecule has 0 saturated heterocycles. The number of carboxylic acids is 1. The number of carbonyl (C=O) groups is 1. The number of ether oxygens (including phenoxy) is 1. The summed E-state index contributed by atoms with van der Waals surface area (Å²) in [6.45, 7) is 2.41. The normalized spacial score (nSPS) is 14.7. The van der Waals surface area contributed by atoms with Crippen molar-refractivity contribution in [3.05, 3.63) is 89.6 Å². The maximum Gasteiger partial charge on any atom is 0.303 e. The van der Waals surface area contributed by atoms with Crippen molar-refractivity contribution in [1.82, 2.24) is 9.97 Å². The van der Waals surface area contributed by atoms with E-state index in [9.17, 15) is 4.79 Å². The molecule has 2 aromatic heterocycles. The number of aliphatic carboxylic acids is 1. The SMILES string of the molecule is Cc1oc(-c2cccc(-c3ccncc3)c2)nc1CCOc1ccc2c(c1)CC[C@H]2CC(=O)O. The average molecular weight is 455 g/mol. The van der Waals surface area contributed by atoms with Gasteiger partial charge in [-0.05, 0) is 84.3 Å². The summed E-state index contributed by atoms with van der Waals surface area (Å²) in [5, 5.41) is 9.10. The number of hydrogen-bond donors (Lipinski definition) is 1. The predicted molar refractivity (Wildman–Crippen MR) is 129 cm³/mol. The van der Waals surface area contributed by atoms with E-state index >= 15 is 0 Å². The molecule has 2 aromatic carbocycles. The number of aromatic nitrogens is 2. The molecule has 5 rings (SSSR count). The van der Waals surface area contributed by atoms with Gasteiger partial charge in [0.2, 0.25) is 5.89 Å². The molecule has 6 nitrogen and oxygen atoms in total. The van der Waals surface area contributed by atoms with Gasteiger partial charge in [-0.3, -0.25) is 9.78 Å². The summed E-state index contributed by atoms with van der Waals surface area (Å²) >= 11 is 0. The van der Waals surface area contributed by atoms with Gasteiger partial charge in [0.15, 0.2) is 0 Å². The van der Waals surface area contributed by atoms with Gasteiger partial charge in [0.1, 0.15) is 11.5 Å². The molecular formula is C28H26N2O4. The van der Waals surface area contributed by atoms with Crippen molar-refractivity contribution in [2.24, 2.45) is 0 Å². The number of hydrogen-bond acceptors (Lipinski definition) is 5. The van der Waals surface area contributed by atoms with Crippen molar-refractivity contribution in [1.29, 1.82) is 0 Å². The number of aryl methyl sites for hydroxylation is 2. The minimum Gasteiger partial charge on any atom is -0.493 e. The maximum atomic E-state index is 11.1. The van der Waals surface area contributed by atoms with Gasteiger partial charge in [0.05, 0.1) is 18.7 Å². The molecule has 0 bridgehead atoms. The fraction of sp³-hybridized carbons (Fsp3) is 0.250. The van der Waals surface area contributed by atoms with Crippen molar-refractivity contribution in [3.63, 3.8) is 0 Å². The Labute approximate surface area is 198 Å². The minimum absolute atomic E-state index is 0.106. The number of benzene rings is 2. The van der Waals surface area contributed by atoms with Gasteiger partial charge in [-0.1, -0.05) is 18.2 Å². The van der Waals surface area contributed by atoms with Crippen molar-refractivity contribution in [2.75, 3.05) is 6.61 Å². The van der Waals surface area contributed by atoms with Crippen molar-refractivity contribution in [2.45, 2.75) is 38.5 Å². The number of oxazole rings is 1. The lowest BCUT2D eigenvalue weighted by Gasteiger charge is -2.10. The molecule has 6 heteroatoms. The molecule has 0 fully saturated rings. The van der Waals surface area contributed by atoms with E-state index in [1.807, 2.05) is 49.4 Å². The lowest BCUT2D eigenvalue weighted by atomic mass is 9.98. The minimum atomic E-state index is -0.746. The van der Waals surface area contributed by atoms with Crippen LogP contribution in [0.1, 0.15) is 41.3 Å². The van der Waals surface area contributed by atoms with Gasteiger partial charge < -0.3 is 14.3 Å². The zero-order valence-corrected chi connectivity index (χ0v) is 19.0. The molecule has 34 heavy (non-hydrogen) atoms. The second kappa shape index (κ2) is 9.51. The predicted octanol–water partition coefficient (Wildman–Crippen LogP) is 5.84. The smallest absolute Gasteiger partial charge is 0.303 e. The fourth-order valence-electron chi connectivity index (χ4n) is 4.62. The third-order valence-corrected chi connectivity index (χ3v) is 6.36. The molecule has 1 N–H and O–H groups in total.